The van der Waals surface area contributed by atoms with Gasteiger partial charge in [-0.05, 0) is 81.3 Å². The minimum atomic E-state index is -0.601. The number of carbonyl (C=O) groups excluding carboxylic acids is 1. The van der Waals surface area contributed by atoms with E-state index >= 15 is 0 Å². The molecular formula is C23H31NO2. The summed E-state index contributed by atoms with van der Waals surface area (Å²) < 4.78 is 0. The van der Waals surface area contributed by atoms with Gasteiger partial charge in [0.15, 0.2) is 0 Å². The van der Waals surface area contributed by atoms with E-state index in [2.05, 4.69) is 29.2 Å². The van der Waals surface area contributed by atoms with Crippen LogP contribution in [0.5, 0.6) is 0 Å². The summed E-state index contributed by atoms with van der Waals surface area (Å²) in [5.41, 5.74) is 2.82. The Morgan fingerprint density at radius 1 is 1.12 bits per heavy atom. The van der Waals surface area contributed by atoms with Crippen LogP contribution in [0.4, 0.5) is 0 Å². The van der Waals surface area contributed by atoms with Gasteiger partial charge in [0.2, 0.25) is 5.91 Å². The lowest BCUT2D eigenvalue weighted by molar-refractivity contribution is -0.161. The summed E-state index contributed by atoms with van der Waals surface area (Å²) in [5.74, 6) is 1.99. The van der Waals surface area contributed by atoms with E-state index in [1.165, 1.54) is 49.7 Å². The molecule has 1 N–H and O–H groups in total. The van der Waals surface area contributed by atoms with Crippen molar-refractivity contribution in [2.75, 3.05) is 13.1 Å². The predicted octanol–water partition coefficient (Wildman–Crippen LogP) is 3.90. The first-order valence-corrected chi connectivity index (χ1v) is 10.5. The van der Waals surface area contributed by atoms with E-state index in [1.807, 2.05) is 6.92 Å². The van der Waals surface area contributed by atoms with Crippen LogP contribution in [0.3, 0.4) is 0 Å². The number of hydrogen-bond donors (Lipinski definition) is 1. The number of nitrogens with zero attached hydrogens (tertiary/aromatic N) is 1. The summed E-state index contributed by atoms with van der Waals surface area (Å²) in [7, 11) is 0. The van der Waals surface area contributed by atoms with Crippen LogP contribution in [0.2, 0.25) is 0 Å². The highest BCUT2D eigenvalue weighted by Crippen LogP contribution is 2.50. The molecule has 5 rings (SSSR count). The maximum absolute atomic E-state index is 12.5. The summed E-state index contributed by atoms with van der Waals surface area (Å²) in [4.78, 5) is 14.6. The predicted molar refractivity (Wildman–Crippen MR) is 102 cm³/mol. The lowest BCUT2D eigenvalue weighted by atomic mass is 9.69. The van der Waals surface area contributed by atoms with Crippen molar-refractivity contribution in [3.8, 4) is 0 Å². The van der Waals surface area contributed by atoms with Crippen molar-refractivity contribution in [3.05, 3.63) is 35.4 Å². The van der Waals surface area contributed by atoms with Crippen molar-refractivity contribution in [1.29, 1.82) is 0 Å². The van der Waals surface area contributed by atoms with Crippen LogP contribution in [0.1, 0.15) is 68.9 Å². The fourth-order valence-corrected chi connectivity index (χ4v) is 5.82. The number of benzene rings is 1. The third kappa shape index (κ3) is 3.09. The van der Waals surface area contributed by atoms with Crippen LogP contribution in [0, 0.1) is 17.3 Å². The Morgan fingerprint density at radius 3 is 2.42 bits per heavy atom. The van der Waals surface area contributed by atoms with Crippen molar-refractivity contribution in [3.63, 3.8) is 0 Å². The molecule has 1 atom stereocenters. The molecule has 3 heteroatoms. The molecule has 0 bridgehead atoms. The Hall–Kier alpha value is -1.35. The molecule has 1 aromatic carbocycles. The van der Waals surface area contributed by atoms with Gasteiger partial charge in [-0.1, -0.05) is 24.3 Å². The number of rotatable bonds is 4. The van der Waals surface area contributed by atoms with E-state index in [9.17, 15) is 9.90 Å². The van der Waals surface area contributed by atoms with Gasteiger partial charge in [-0.2, -0.15) is 0 Å². The standard InChI is InChI=1S/C23H31NO2/c1-22(26)12-20(13-22)21(25)24-14-23(15-24)9-8-17(11-23)10-16-2-4-18(5-3-16)19-6-7-19/h2-5,17,19-20,26H,6-15H2,1H3/t17?,20-,22+. The highest BCUT2D eigenvalue weighted by atomic mass is 16.3. The molecule has 1 heterocycles. The molecule has 1 spiro atoms. The third-order valence-corrected chi connectivity index (χ3v) is 7.44. The molecule has 0 aromatic heterocycles. The van der Waals surface area contributed by atoms with E-state index in [0.29, 0.717) is 24.2 Å². The monoisotopic (exact) mass is 353 g/mol. The van der Waals surface area contributed by atoms with Gasteiger partial charge in [-0.15, -0.1) is 0 Å². The van der Waals surface area contributed by atoms with Gasteiger partial charge in [-0.3, -0.25) is 4.79 Å². The zero-order valence-electron chi connectivity index (χ0n) is 15.9. The highest BCUT2D eigenvalue weighted by molar-refractivity contribution is 5.81. The first kappa shape index (κ1) is 16.8. The van der Waals surface area contributed by atoms with Gasteiger partial charge in [-0.25, -0.2) is 0 Å². The molecule has 4 aliphatic rings. The largest absolute Gasteiger partial charge is 0.390 e. The van der Waals surface area contributed by atoms with Crippen LogP contribution in [-0.4, -0.2) is 34.6 Å². The second-order valence-electron chi connectivity index (χ2n) is 10.1. The summed E-state index contributed by atoms with van der Waals surface area (Å²) in [6.45, 7) is 3.76. The highest BCUT2D eigenvalue weighted by Gasteiger charge is 2.52. The van der Waals surface area contributed by atoms with Gasteiger partial charge in [0.1, 0.15) is 0 Å². The van der Waals surface area contributed by atoms with Crippen molar-refractivity contribution >= 4 is 5.91 Å². The van der Waals surface area contributed by atoms with Crippen LogP contribution >= 0.6 is 0 Å². The average Bonchev–Trinajstić information content (AvgIpc) is 3.31. The maximum atomic E-state index is 12.5. The van der Waals surface area contributed by atoms with E-state index in [-0.39, 0.29) is 5.92 Å². The second-order valence-corrected chi connectivity index (χ2v) is 10.1. The molecule has 4 fully saturated rings. The van der Waals surface area contributed by atoms with Crippen molar-refractivity contribution in [1.82, 2.24) is 4.90 Å². The summed E-state index contributed by atoms with van der Waals surface area (Å²) in [6.07, 6.45) is 9.12. The molecule has 1 aliphatic heterocycles. The number of aliphatic hydroxyl groups is 1. The molecular weight excluding hydrogens is 322 g/mol. The molecule has 1 unspecified atom stereocenters. The fourth-order valence-electron chi connectivity index (χ4n) is 5.82. The van der Waals surface area contributed by atoms with Gasteiger partial charge in [0.05, 0.1) is 5.60 Å². The Labute approximate surface area is 156 Å². The second kappa shape index (κ2) is 5.82. The van der Waals surface area contributed by atoms with E-state index in [0.717, 1.165) is 24.9 Å². The van der Waals surface area contributed by atoms with Crippen molar-refractivity contribution in [2.24, 2.45) is 17.3 Å². The smallest absolute Gasteiger partial charge is 0.225 e. The lowest BCUT2D eigenvalue weighted by Gasteiger charge is -2.52. The Kier molecular flexibility index (Phi) is 3.76. The topological polar surface area (TPSA) is 40.5 Å². The maximum Gasteiger partial charge on any atom is 0.225 e. The first-order valence-electron chi connectivity index (χ1n) is 10.5. The summed E-state index contributed by atoms with van der Waals surface area (Å²) in [5, 5.41) is 9.87. The molecule has 1 saturated heterocycles. The molecule has 140 valence electrons. The van der Waals surface area contributed by atoms with Gasteiger partial charge in [0, 0.05) is 24.4 Å². The van der Waals surface area contributed by atoms with Gasteiger partial charge in [0.25, 0.3) is 0 Å². The third-order valence-electron chi connectivity index (χ3n) is 7.44. The zero-order valence-corrected chi connectivity index (χ0v) is 15.9. The Balaban J connectivity index is 1.11. The van der Waals surface area contributed by atoms with Gasteiger partial charge >= 0.3 is 0 Å². The van der Waals surface area contributed by atoms with Crippen LogP contribution < -0.4 is 0 Å². The van der Waals surface area contributed by atoms with Gasteiger partial charge < -0.3 is 10.0 Å². The molecule has 3 saturated carbocycles. The lowest BCUT2D eigenvalue weighted by Crippen LogP contribution is -2.61. The van der Waals surface area contributed by atoms with E-state index < -0.39 is 5.60 Å². The molecule has 1 aromatic rings. The van der Waals surface area contributed by atoms with Crippen LogP contribution in [-0.2, 0) is 11.2 Å². The van der Waals surface area contributed by atoms with Crippen LogP contribution in [0.25, 0.3) is 0 Å². The SMILES string of the molecule is C[C@]1(O)C[C@@H](C(=O)N2CC3(CCC(Cc4ccc(C5CC5)cc4)C3)C2)C1. The van der Waals surface area contributed by atoms with E-state index in [4.69, 9.17) is 0 Å². The quantitative estimate of drug-likeness (QED) is 0.892. The first-order chi connectivity index (χ1) is 12.4. The normalized spacial score (nSPS) is 35.2. The minimum Gasteiger partial charge on any atom is -0.390 e. The number of carbonyl (C=O) groups is 1. The molecule has 0 radical (unpaired) electrons. The average molecular weight is 354 g/mol. The summed E-state index contributed by atoms with van der Waals surface area (Å²) in [6, 6.07) is 9.37. The fraction of sp³-hybridized carbons (Fsp3) is 0.696. The Bertz CT molecular complexity index is 689. The minimum absolute atomic E-state index is 0.0736. The van der Waals surface area contributed by atoms with E-state index in [1.54, 1.807) is 0 Å². The number of amides is 1. The molecule has 26 heavy (non-hydrogen) atoms. The summed E-state index contributed by atoms with van der Waals surface area (Å²) >= 11 is 0. The zero-order chi connectivity index (χ0) is 17.9. The molecule has 1 amide bonds. The number of hydrogen-bond acceptors (Lipinski definition) is 2. The van der Waals surface area contributed by atoms with Crippen molar-refractivity contribution in [2.45, 2.75) is 69.8 Å². The van der Waals surface area contributed by atoms with Crippen molar-refractivity contribution < 1.29 is 9.90 Å². The molecule has 3 nitrogen and oxygen atoms in total. The number of likely N-dealkylation sites (tertiary alicyclic amines) is 1. The molecule has 3 aliphatic carbocycles. The van der Waals surface area contributed by atoms with Crippen LogP contribution in [0.15, 0.2) is 24.3 Å². The Morgan fingerprint density at radius 2 is 1.81 bits per heavy atom.